The van der Waals surface area contributed by atoms with E-state index in [1.165, 1.54) is 0 Å². The summed E-state index contributed by atoms with van der Waals surface area (Å²) in [7, 11) is -4.48. The van der Waals surface area contributed by atoms with Crippen LogP contribution in [-0.4, -0.2) is 40.0 Å². The Balaban J connectivity index is 1.55. The zero-order valence-electron chi connectivity index (χ0n) is 15.1. The molecule has 9 heteroatoms. The fraction of sp³-hybridized carbons (Fsp3) is 0.316. The first-order valence-electron chi connectivity index (χ1n) is 8.90. The second kappa shape index (κ2) is 8.66. The van der Waals surface area contributed by atoms with E-state index >= 15 is 0 Å². The number of hydrogen-bond acceptors (Lipinski definition) is 4. The van der Waals surface area contributed by atoms with Gasteiger partial charge in [-0.25, -0.2) is 21.9 Å². The predicted octanol–water partition coefficient (Wildman–Crippen LogP) is 2.03. The van der Waals surface area contributed by atoms with Crippen LogP contribution in [0.3, 0.4) is 0 Å². The standard InChI is InChI=1S/C19H21F2N3O3S/c20-16-9-4-10-17(21)19(16)28(26,27)23-13-18(25)22-12-15-8-5-11-24(15)14-6-2-1-3-7-14/h1-4,6-7,9-10,15,23H,5,8,11-13H2,(H,22,25). The normalized spacial score (nSPS) is 16.9. The van der Waals surface area contributed by atoms with Crippen molar-refractivity contribution in [1.29, 1.82) is 0 Å². The largest absolute Gasteiger partial charge is 0.367 e. The molecular weight excluding hydrogens is 388 g/mol. The first-order valence-corrected chi connectivity index (χ1v) is 10.4. The number of carbonyl (C=O) groups excluding carboxylic acids is 1. The second-order valence-corrected chi connectivity index (χ2v) is 8.21. The molecular formula is C19H21F2N3O3S. The minimum absolute atomic E-state index is 0.104. The average Bonchev–Trinajstić information content (AvgIpc) is 3.14. The van der Waals surface area contributed by atoms with Crippen LogP contribution < -0.4 is 14.9 Å². The summed E-state index contributed by atoms with van der Waals surface area (Å²) in [5.41, 5.74) is 1.06. The monoisotopic (exact) mass is 409 g/mol. The molecule has 1 saturated heterocycles. The van der Waals surface area contributed by atoms with Gasteiger partial charge in [0, 0.05) is 24.8 Å². The van der Waals surface area contributed by atoms with Gasteiger partial charge in [-0.05, 0) is 37.1 Å². The maximum Gasteiger partial charge on any atom is 0.246 e. The third-order valence-corrected chi connectivity index (χ3v) is 6.06. The van der Waals surface area contributed by atoms with Gasteiger partial charge >= 0.3 is 0 Å². The van der Waals surface area contributed by atoms with Crippen molar-refractivity contribution in [2.24, 2.45) is 0 Å². The Labute approximate surface area is 162 Å². The third kappa shape index (κ3) is 4.66. The van der Waals surface area contributed by atoms with Gasteiger partial charge in [0.05, 0.1) is 6.54 Å². The summed E-state index contributed by atoms with van der Waals surface area (Å²) in [6.45, 7) is 0.626. The van der Waals surface area contributed by atoms with Crippen LogP contribution in [0.15, 0.2) is 53.4 Å². The molecule has 1 amide bonds. The number of anilines is 1. The van der Waals surface area contributed by atoms with Crippen LogP contribution in [-0.2, 0) is 14.8 Å². The molecule has 2 aromatic carbocycles. The minimum Gasteiger partial charge on any atom is -0.367 e. The van der Waals surface area contributed by atoms with Crippen LogP contribution in [0.5, 0.6) is 0 Å². The maximum atomic E-state index is 13.7. The Morgan fingerprint density at radius 2 is 1.75 bits per heavy atom. The second-order valence-electron chi connectivity index (χ2n) is 6.50. The van der Waals surface area contributed by atoms with Crippen molar-refractivity contribution in [2.75, 3.05) is 24.5 Å². The Morgan fingerprint density at radius 1 is 1.07 bits per heavy atom. The van der Waals surface area contributed by atoms with Crippen LogP contribution in [0.1, 0.15) is 12.8 Å². The number of sulfonamides is 1. The summed E-state index contributed by atoms with van der Waals surface area (Å²) in [6, 6.07) is 12.7. The predicted molar refractivity (Wildman–Crippen MR) is 101 cm³/mol. The van der Waals surface area contributed by atoms with E-state index in [9.17, 15) is 22.0 Å². The van der Waals surface area contributed by atoms with Crippen LogP contribution in [0, 0.1) is 11.6 Å². The van der Waals surface area contributed by atoms with Gasteiger partial charge in [-0.15, -0.1) is 0 Å². The molecule has 2 aromatic rings. The average molecular weight is 409 g/mol. The molecule has 0 spiro atoms. The Bertz CT molecular complexity index is 918. The molecule has 0 bridgehead atoms. The number of hydrogen-bond donors (Lipinski definition) is 2. The summed E-state index contributed by atoms with van der Waals surface area (Å²) in [6.07, 6.45) is 1.90. The van der Waals surface area contributed by atoms with Crippen molar-refractivity contribution in [2.45, 2.75) is 23.8 Å². The molecule has 3 rings (SSSR count). The zero-order valence-corrected chi connectivity index (χ0v) is 15.9. The number of rotatable bonds is 7. The molecule has 1 fully saturated rings. The highest BCUT2D eigenvalue weighted by Crippen LogP contribution is 2.24. The van der Waals surface area contributed by atoms with E-state index in [1.54, 1.807) is 0 Å². The third-order valence-electron chi connectivity index (χ3n) is 4.61. The molecule has 1 aliphatic rings. The highest BCUT2D eigenvalue weighted by molar-refractivity contribution is 7.89. The molecule has 6 nitrogen and oxygen atoms in total. The lowest BCUT2D eigenvalue weighted by Crippen LogP contribution is -2.44. The van der Waals surface area contributed by atoms with Crippen molar-refractivity contribution in [3.63, 3.8) is 0 Å². The summed E-state index contributed by atoms with van der Waals surface area (Å²) >= 11 is 0. The number of benzene rings is 2. The summed E-state index contributed by atoms with van der Waals surface area (Å²) in [5.74, 6) is -2.99. The molecule has 1 aliphatic heterocycles. The van der Waals surface area contributed by atoms with Gasteiger partial charge in [0.15, 0.2) is 4.90 Å². The summed E-state index contributed by atoms with van der Waals surface area (Å²) in [4.78, 5) is 13.2. The number of carbonyl (C=O) groups is 1. The minimum atomic E-state index is -4.48. The van der Waals surface area contributed by atoms with Gasteiger partial charge in [-0.2, -0.15) is 0 Å². The topological polar surface area (TPSA) is 78.5 Å². The number of amides is 1. The first kappa shape index (κ1) is 20.2. The number of nitrogens with one attached hydrogen (secondary N) is 2. The number of halogens is 2. The molecule has 28 heavy (non-hydrogen) atoms. The van der Waals surface area contributed by atoms with E-state index in [4.69, 9.17) is 0 Å². The molecule has 1 unspecified atom stereocenters. The molecule has 0 aliphatic carbocycles. The van der Waals surface area contributed by atoms with E-state index in [2.05, 4.69) is 10.2 Å². The Morgan fingerprint density at radius 3 is 2.43 bits per heavy atom. The highest BCUT2D eigenvalue weighted by atomic mass is 32.2. The number of nitrogens with zero attached hydrogens (tertiary/aromatic N) is 1. The summed E-state index contributed by atoms with van der Waals surface area (Å²) in [5, 5.41) is 2.68. The zero-order chi connectivity index (χ0) is 20.1. The Kier molecular flexibility index (Phi) is 6.25. The molecule has 150 valence electrons. The van der Waals surface area contributed by atoms with E-state index < -0.39 is 39.0 Å². The quantitative estimate of drug-likeness (QED) is 0.734. The van der Waals surface area contributed by atoms with Gasteiger partial charge in [0.2, 0.25) is 15.9 Å². The van der Waals surface area contributed by atoms with Gasteiger partial charge in [-0.3, -0.25) is 4.79 Å². The van der Waals surface area contributed by atoms with Gasteiger partial charge < -0.3 is 10.2 Å². The SMILES string of the molecule is O=C(CNS(=O)(=O)c1c(F)cccc1F)NCC1CCCN1c1ccccc1. The van der Waals surface area contributed by atoms with Crippen molar-refractivity contribution in [1.82, 2.24) is 10.0 Å². The van der Waals surface area contributed by atoms with Crippen LogP contribution in [0.25, 0.3) is 0 Å². The van der Waals surface area contributed by atoms with E-state index in [0.717, 1.165) is 43.3 Å². The fourth-order valence-corrected chi connectivity index (χ4v) is 4.39. The van der Waals surface area contributed by atoms with E-state index in [0.29, 0.717) is 6.54 Å². The first-order chi connectivity index (χ1) is 13.4. The van der Waals surface area contributed by atoms with E-state index in [-0.39, 0.29) is 6.04 Å². The fourth-order valence-electron chi connectivity index (χ4n) is 3.27. The smallest absolute Gasteiger partial charge is 0.246 e. The van der Waals surface area contributed by atoms with Crippen molar-refractivity contribution < 1.29 is 22.0 Å². The van der Waals surface area contributed by atoms with Crippen LogP contribution in [0.2, 0.25) is 0 Å². The highest BCUT2D eigenvalue weighted by Gasteiger charge is 2.26. The molecule has 1 heterocycles. The lowest BCUT2D eigenvalue weighted by atomic mass is 10.2. The van der Waals surface area contributed by atoms with Crippen LogP contribution in [0.4, 0.5) is 14.5 Å². The lowest BCUT2D eigenvalue weighted by Gasteiger charge is -2.27. The van der Waals surface area contributed by atoms with E-state index in [1.807, 2.05) is 35.1 Å². The molecule has 1 atom stereocenters. The molecule has 0 radical (unpaired) electrons. The molecule has 0 aromatic heterocycles. The lowest BCUT2D eigenvalue weighted by molar-refractivity contribution is -0.120. The van der Waals surface area contributed by atoms with Crippen molar-refractivity contribution in [3.8, 4) is 0 Å². The Hall–Kier alpha value is -2.52. The van der Waals surface area contributed by atoms with Gasteiger partial charge in [-0.1, -0.05) is 24.3 Å². The molecule has 2 N–H and O–H groups in total. The maximum absolute atomic E-state index is 13.7. The van der Waals surface area contributed by atoms with Crippen molar-refractivity contribution in [3.05, 3.63) is 60.2 Å². The molecule has 0 saturated carbocycles. The van der Waals surface area contributed by atoms with Crippen LogP contribution >= 0.6 is 0 Å². The number of para-hydroxylation sites is 1. The summed E-state index contributed by atoms with van der Waals surface area (Å²) < 4.78 is 53.5. The van der Waals surface area contributed by atoms with Crippen molar-refractivity contribution >= 4 is 21.6 Å². The van der Waals surface area contributed by atoms with Gasteiger partial charge in [0.25, 0.3) is 0 Å². The van der Waals surface area contributed by atoms with Gasteiger partial charge in [0.1, 0.15) is 11.6 Å².